The Morgan fingerprint density at radius 2 is 2.08 bits per heavy atom. The summed E-state index contributed by atoms with van der Waals surface area (Å²) < 4.78 is 11.2. The largest absolute Gasteiger partial charge is 0.464 e. The molecule has 24 heavy (non-hydrogen) atoms. The van der Waals surface area contributed by atoms with Gasteiger partial charge in [0.15, 0.2) is 5.11 Å². The van der Waals surface area contributed by atoms with Crippen molar-refractivity contribution < 1.29 is 9.15 Å². The molecule has 0 aromatic carbocycles. The Bertz CT molecular complexity index is 486. The highest BCUT2D eigenvalue weighted by Gasteiger charge is 2.16. The third-order valence-corrected chi connectivity index (χ3v) is 4.68. The van der Waals surface area contributed by atoms with Crippen molar-refractivity contribution in [3.8, 4) is 0 Å². The van der Waals surface area contributed by atoms with E-state index in [-0.39, 0.29) is 0 Å². The maximum Gasteiger partial charge on any atom is 0.169 e. The molecular formula is C18H31N3O2S. The van der Waals surface area contributed by atoms with Crippen LogP contribution in [0.1, 0.15) is 37.7 Å². The van der Waals surface area contributed by atoms with Crippen LogP contribution in [0.3, 0.4) is 0 Å². The van der Waals surface area contributed by atoms with Crippen LogP contribution in [0.4, 0.5) is 0 Å². The molecule has 1 aliphatic rings. The Kier molecular flexibility index (Phi) is 8.56. The minimum atomic E-state index is 0.720. The first kappa shape index (κ1) is 19.2. The van der Waals surface area contributed by atoms with Gasteiger partial charge in [-0.2, -0.15) is 0 Å². The fourth-order valence-corrected chi connectivity index (χ4v) is 3.04. The molecule has 0 unspecified atom stereocenters. The average Bonchev–Trinajstić information content (AvgIpc) is 3.01. The zero-order chi connectivity index (χ0) is 17.2. The van der Waals surface area contributed by atoms with Crippen molar-refractivity contribution in [2.24, 2.45) is 0 Å². The highest BCUT2D eigenvalue weighted by molar-refractivity contribution is 7.80. The first-order chi connectivity index (χ1) is 11.7. The van der Waals surface area contributed by atoms with Crippen LogP contribution in [-0.4, -0.2) is 60.8 Å². The van der Waals surface area contributed by atoms with Gasteiger partial charge in [0.05, 0.1) is 19.8 Å². The number of nitrogens with zero attached hydrogens (tertiary/aromatic N) is 2. The van der Waals surface area contributed by atoms with E-state index in [1.54, 1.807) is 0 Å². The van der Waals surface area contributed by atoms with Gasteiger partial charge in [0.2, 0.25) is 0 Å². The highest BCUT2D eigenvalue weighted by Crippen LogP contribution is 2.10. The molecule has 1 fully saturated rings. The number of furan rings is 1. The molecule has 0 saturated carbocycles. The predicted molar refractivity (Wildman–Crippen MR) is 101 cm³/mol. The minimum Gasteiger partial charge on any atom is -0.464 e. The van der Waals surface area contributed by atoms with Gasteiger partial charge in [-0.3, -0.25) is 4.90 Å². The molecule has 6 heteroatoms. The first-order valence-electron chi connectivity index (χ1n) is 9.07. The Hall–Kier alpha value is -1.11. The number of hydrogen-bond acceptors (Lipinski definition) is 4. The summed E-state index contributed by atoms with van der Waals surface area (Å²) in [5.74, 6) is 1.91. The lowest BCUT2D eigenvalue weighted by Gasteiger charge is -2.31. The van der Waals surface area contributed by atoms with Crippen LogP contribution in [-0.2, 0) is 11.3 Å². The zero-order valence-corrected chi connectivity index (χ0v) is 15.9. The number of nitrogens with one attached hydrogen (secondary N) is 1. The van der Waals surface area contributed by atoms with Crippen molar-refractivity contribution in [2.75, 3.05) is 45.9 Å². The van der Waals surface area contributed by atoms with Gasteiger partial charge in [-0.25, -0.2) is 0 Å². The fraction of sp³-hybridized carbons (Fsp3) is 0.722. The normalized spacial score (nSPS) is 15.4. The van der Waals surface area contributed by atoms with Crippen LogP contribution in [0.5, 0.6) is 0 Å². The van der Waals surface area contributed by atoms with E-state index < -0.39 is 0 Å². The van der Waals surface area contributed by atoms with Crippen molar-refractivity contribution in [1.82, 2.24) is 15.1 Å². The molecule has 0 radical (unpaired) electrons. The van der Waals surface area contributed by atoms with E-state index in [1.165, 1.54) is 12.8 Å². The van der Waals surface area contributed by atoms with Crippen LogP contribution >= 0.6 is 12.2 Å². The third kappa shape index (κ3) is 6.79. The quantitative estimate of drug-likeness (QED) is 0.544. The molecule has 0 amide bonds. The molecule has 1 aromatic heterocycles. The van der Waals surface area contributed by atoms with Gasteiger partial charge in [-0.15, -0.1) is 0 Å². The van der Waals surface area contributed by atoms with Gasteiger partial charge >= 0.3 is 0 Å². The summed E-state index contributed by atoms with van der Waals surface area (Å²) in [7, 11) is 0. The molecule has 1 N–H and O–H groups in total. The molecule has 1 aliphatic heterocycles. The number of aryl methyl sites for hydroxylation is 1. The smallest absolute Gasteiger partial charge is 0.169 e. The zero-order valence-electron chi connectivity index (χ0n) is 15.1. The molecular weight excluding hydrogens is 322 g/mol. The maximum atomic E-state index is 5.74. The lowest BCUT2D eigenvalue weighted by Crippen LogP contribution is -2.45. The number of rotatable bonds is 9. The minimum absolute atomic E-state index is 0.720. The molecule has 0 aliphatic carbocycles. The average molecular weight is 354 g/mol. The topological polar surface area (TPSA) is 40.9 Å². The molecule has 136 valence electrons. The summed E-state index contributed by atoms with van der Waals surface area (Å²) in [6, 6.07) is 4.05. The number of morpholine rings is 1. The van der Waals surface area contributed by atoms with Gasteiger partial charge in [0, 0.05) is 32.7 Å². The number of ether oxygens (including phenoxy) is 1. The second-order valence-electron chi connectivity index (χ2n) is 6.33. The summed E-state index contributed by atoms with van der Waals surface area (Å²) in [6.45, 7) is 11.4. The standard InChI is InChI=1S/C18H31N3O2S/c1-3-4-5-8-19-18(24)21(15-17-7-6-16(2)23-17)10-9-20-11-13-22-14-12-20/h6-7H,3-5,8-15H2,1-2H3,(H,19,24). The van der Waals surface area contributed by atoms with E-state index in [1.807, 2.05) is 19.1 Å². The van der Waals surface area contributed by atoms with E-state index in [2.05, 4.69) is 22.0 Å². The molecule has 2 heterocycles. The highest BCUT2D eigenvalue weighted by atomic mass is 32.1. The van der Waals surface area contributed by atoms with E-state index in [0.717, 1.165) is 75.5 Å². The van der Waals surface area contributed by atoms with Gasteiger partial charge in [0.1, 0.15) is 11.5 Å². The second kappa shape index (κ2) is 10.7. The van der Waals surface area contributed by atoms with Crippen LogP contribution in [0, 0.1) is 6.92 Å². The first-order valence-corrected chi connectivity index (χ1v) is 9.48. The summed E-state index contributed by atoms with van der Waals surface area (Å²) in [6.07, 6.45) is 3.62. The Balaban J connectivity index is 1.85. The van der Waals surface area contributed by atoms with Crippen molar-refractivity contribution in [2.45, 2.75) is 39.7 Å². The van der Waals surface area contributed by atoms with Crippen molar-refractivity contribution in [1.29, 1.82) is 0 Å². The summed E-state index contributed by atoms with van der Waals surface area (Å²) in [4.78, 5) is 4.65. The number of unbranched alkanes of at least 4 members (excludes halogenated alkanes) is 2. The Morgan fingerprint density at radius 1 is 1.29 bits per heavy atom. The molecule has 1 aromatic rings. The van der Waals surface area contributed by atoms with Crippen LogP contribution in [0.15, 0.2) is 16.5 Å². The third-order valence-electron chi connectivity index (χ3n) is 4.28. The summed E-state index contributed by atoms with van der Waals surface area (Å²) in [5, 5.41) is 4.23. The van der Waals surface area contributed by atoms with Crippen LogP contribution < -0.4 is 5.32 Å². The van der Waals surface area contributed by atoms with E-state index in [9.17, 15) is 0 Å². The van der Waals surface area contributed by atoms with E-state index >= 15 is 0 Å². The van der Waals surface area contributed by atoms with Crippen LogP contribution in [0.2, 0.25) is 0 Å². The molecule has 2 rings (SSSR count). The van der Waals surface area contributed by atoms with Gasteiger partial charge in [-0.05, 0) is 37.7 Å². The maximum absolute atomic E-state index is 5.74. The molecule has 5 nitrogen and oxygen atoms in total. The van der Waals surface area contributed by atoms with Crippen LogP contribution in [0.25, 0.3) is 0 Å². The van der Waals surface area contributed by atoms with Gasteiger partial charge in [0.25, 0.3) is 0 Å². The lowest BCUT2D eigenvalue weighted by atomic mass is 10.2. The van der Waals surface area contributed by atoms with Gasteiger partial charge in [-0.1, -0.05) is 19.8 Å². The molecule has 0 atom stereocenters. The van der Waals surface area contributed by atoms with E-state index in [0.29, 0.717) is 0 Å². The number of thiocarbonyl (C=S) groups is 1. The molecule has 0 bridgehead atoms. The lowest BCUT2D eigenvalue weighted by molar-refractivity contribution is 0.0355. The molecule has 0 spiro atoms. The monoisotopic (exact) mass is 353 g/mol. The van der Waals surface area contributed by atoms with Crippen molar-refractivity contribution in [3.63, 3.8) is 0 Å². The molecule has 1 saturated heterocycles. The van der Waals surface area contributed by atoms with Gasteiger partial charge < -0.3 is 19.4 Å². The fourth-order valence-electron chi connectivity index (χ4n) is 2.78. The Labute approximate surface area is 151 Å². The van der Waals surface area contributed by atoms with Crippen molar-refractivity contribution >= 4 is 17.3 Å². The SMILES string of the molecule is CCCCCNC(=S)N(CCN1CCOCC1)Cc1ccc(C)o1. The van der Waals surface area contributed by atoms with Crippen molar-refractivity contribution in [3.05, 3.63) is 23.7 Å². The second-order valence-corrected chi connectivity index (χ2v) is 6.71. The number of hydrogen-bond donors (Lipinski definition) is 1. The summed E-state index contributed by atoms with van der Waals surface area (Å²) in [5.41, 5.74) is 0. The Morgan fingerprint density at radius 3 is 2.75 bits per heavy atom. The summed E-state index contributed by atoms with van der Waals surface area (Å²) >= 11 is 5.63. The van der Waals surface area contributed by atoms with E-state index in [4.69, 9.17) is 21.4 Å². The predicted octanol–water partition coefficient (Wildman–Crippen LogP) is 2.79.